The number of ether oxygens (including phenoxy) is 3. The van der Waals surface area contributed by atoms with Gasteiger partial charge in [-0.1, -0.05) is 49.2 Å². The number of carbonyl (C=O) groups is 2. The van der Waals surface area contributed by atoms with Crippen LogP contribution in [0.1, 0.15) is 55.8 Å². The zero-order valence-corrected chi connectivity index (χ0v) is 23.3. The Morgan fingerprint density at radius 3 is 2.41 bits per heavy atom. The van der Waals surface area contributed by atoms with Gasteiger partial charge in [-0.15, -0.1) is 0 Å². The highest BCUT2D eigenvalue weighted by Gasteiger charge is 2.46. The predicted molar refractivity (Wildman–Crippen MR) is 150 cm³/mol. The van der Waals surface area contributed by atoms with Gasteiger partial charge in [0.2, 0.25) is 0 Å². The number of hydrogen-bond donors (Lipinski definition) is 1. The number of unbranched alkanes of at least 4 members (excludes halogenated alkanes) is 1. The summed E-state index contributed by atoms with van der Waals surface area (Å²) in [7, 11) is 0. The van der Waals surface area contributed by atoms with Crippen molar-refractivity contribution in [2.24, 2.45) is 0 Å². The van der Waals surface area contributed by atoms with Gasteiger partial charge in [0, 0.05) is 31.7 Å². The van der Waals surface area contributed by atoms with Gasteiger partial charge in [-0.05, 0) is 44.4 Å². The van der Waals surface area contributed by atoms with Gasteiger partial charge >= 0.3 is 0 Å². The first-order valence-corrected chi connectivity index (χ1v) is 14.0. The molecule has 2 aromatic carbocycles. The van der Waals surface area contributed by atoms with Gasteiger partial charge in [0.1, 0.15) is 5.76 Å². The van der Waals surface area contributed by atoms with E-state index in [0.717, 1.165) is 38.0 Å². The summed E-state index contributed by atoms with van der Waals surface area (Å²) >= 11 is 0. The van der Waals surface area contributed by atoms with Crippen LogP contribution >= 0.6 is 0 Å². The van der Waals surface area contributed by atoms with Crippen molar-refractivity contribution in [1.29, 1.82) is 0 Å². The molecule has 0 spiro atoms. The molecule has 1 N–H and O–H groups in total. The van der Waals surface area contributed by atoms with Crippen LogP contribution < -0.4 is 9.47 Å². The lowest BCUT2D eigenvalue weighted by Gasteiger charge is -2.29. The Morgan fingerprint density at radius 2 is 1.72 bits per heavy atom. The fraction of sp³-hybridized carbons (Fsp3) is 0.484. The van der Waals surface area contributed by atoms with Crippen LogP contribution in [0.4, 0.5) is 0 Å². The van der Waals surface area contributed by atoms with E-state index in [4.69, 9.17) is 14.2 Å². The third kappa shape index (κ3) is 6.81. The molecule has 2 aliphatic rings. The standard InChI is InChI=1S/C31H40N2O6/c1-4-6-18-39-25-13-12-24(21-26(25)38-5-2)28-27(29(34)23-10-8-22(3)9-11-23)30(35)31(36)33(28)15-7-14-32-16-19-37-20-17-32/h8-13,21,28,34H,4-7,14-20H2,1-3H3. The van der Waals surface area contributed by atoms with Gasteiger partial charge < -0.3 is 24.2 Å². The largest absolute Gasteiger partial charge is 0.507 e. The Kier molecular flexibility index (Phi) is 10.0. The van der Waals surface area contributed by atoms with E-state index in [0.29, 0.717) is 62.0 Å². The number of amides is 1. The third-order valence-electron chi connectivity index (χ3n) is 7.18. The minimum absolute atomic E-state index is 0.0947. The number of morpholine rings is 1. The molecule has 2 aromatic rings. The minimum atomic E-state index is -0.736. The molecule has 4 rings (SSSR count). The van der Waals surface area contributed by atoms with Crippen LogP contribution in [0.3, 0.4) is 0 Å². The van der Waals surface area contributed by atoms with Crippen molar-refractivity contribution >= 4 is 17.4 Å². The SMILES string of the molecule is CCCCOc1ccc(C2C(=C(O)c3ccc(C)cc3)C(=O)C(=O)N2CCCN2CCOCC2)cc1OCC. The average Bonchev–Trinajstić information content (AvgIpc) is 3.20. The molecule has 1 unspecified atom stereocenters. The van der Waals surface area contributed by atoms with E-state index in [1.165, 1.54) is 0 Å². The van der Waals surface area contributed by atoms with E-state index >= 15 is 0 Å². The van der Waals surface area contributed by atoms with E-state index < -0.39 is 17.7 Å². The lowest BCUT2D eigenvalue weighted by Crippen LogP contribution is -2.39. The second-order valence-electron chi connectivity index (χ2n) is 10.0. The first-order valence-electron chi connectivity index (χ1n) is 14.0. The summed E-state index contributed by atoms with van der Waals surface area (Å²) in [6.45, 7) is 11.3. The van der Waals surface area contributed by atoms with Crippen molar-refractivity contribution in [2.75, 3.05) is 52.6 Å². The molecule has 0 saturated carbocycles. The van der Waals surface area contributed by atoms with E-state index in [-0.39, 0.29) is 11.3 Å². The minimum Gasteiger partial charge on any atom is -0.507 e. The lowest BCUT2D eigenvalue weighted by atomic mass is 9.94. The highest BCUT2D eigenvalue weighted by molar-refractivity contribution is 6.46. The summed E-state index contributed by atoms with van der Waals surface area (Å²) in [5, 5.41) is 11.4. The predicted octanol–water partition coefficient (Wildman–Crippen LogP) is 4.72. The quantitative estimate of drug-likeness (QED) is 0.182. The van der Waals surface area contributed by atoms with Gasteiger partial charge in [0.15, 0.2) is 11.5 Å². The zero-order chi connectivity index (χ0) is 27.8. The Morgan fingerprint density at radius 1 is 0.974 bits per heavy atom. The van der Waals surface area contributed by atoms with Crippen LogP contribution in [0.25, 0.3) is 5.76 Å². The number of Topliss-reactive ketones (excluding diaryl/α,β-unsaturated/α-hetero) is 1. The molecule has 0 aromatic heterocycles. The summed E-state index contributed by atoms with van der Waals surface area (Å²) in [6, 6.07) is 12.1. The third-order valence-corrected chi connectivity index (χ3v) is 7.18. The number of aryl methyl sites for hydroxylation is 1. The first kappa shape index (κ1) is 28.6. The number of nitrogens with zero attached hydrogens (tertiary/aromatic N) is 2. The Labute approximate surface area is 231 Å². The second kappa shape index (κ2) is 13.6. The number of benzene rings is 2. The molecule has 39 heavy (non-hydrogen) atoms. The van der Waals surface area contributed by atoms with Crippen molar-refractivity contribution in [3.63, 3.8) is 0 Å². The Balaban J connectivity index is 1.70. The molecule has 8 nitrogen and oxygen atoms in total. The topological polar surface area (TPSA) is 88.5 Å². The molecule has 210 valence electrons. The number of ketones is 1. The molecule has 1 amide bonds. The summed E-state index contributed by atoms with van der Waals surface area (Å²) in [6.07, 6.45) is 2.64. The number of hydrogen-bond acceptors (Lipinski definition) is 7. The summed E-state index contributed by atoms with van der Waals surface area (Å²) in [5.41, 5.74) is 2.33. The highest BCUT2D eigenvalue weighted by atomic mass is 16.5. The van der Waals surface area contributed by atoms with Crippen molar-refractivity contribution in [3.8, 4) is 11.5 Å². The maximum atomic E-state index is 13.4. The normalized spacial score (nSPS) is 19.5. The number of aliphatic hydroxyl groups is 1. The number of aliphatic hydroxyl groups excluding tert-OH is 1. The van der Waals surface area contributed by atoms with Crippen LogP contribution in [-0.4, -0.2) is 79.2 Å². The van der Waals surface area contributed by atoms with E-state index in [2.05, 4.69) is 11.8 Å². The smallest absolute Gasteiger partial charge is 0.295 e. The molecular formula is C31H40N2O6. The van der Waals surface area contributed by atoms with Crippen LogP contribution in [0.2, 0.25) is 0 Å². The molecule has 2 aliphatic heterocycles. The van der Waals surface area contributed by atoms with Gasteiger partial charge in [-0.3, -0.25) is 14.5 Å². The molecule has 2 fully saturated rings. The molecule has 0 aliphatic carbocycles. The van der Waals surface area contributed by atoms with E-state index in [9.17, 15) is 14.7 Å². The van der Waals surface area contributed by atoms with Crippen molar-refractivity contribution < 1.29 is 28.9 Å². The summed E-state index contributed by atoms with van der Waals surface area (Å²) in [4.78, 5) is 30.7. The number of carbonyl (C=O) groups excluding carboxylic acids is 2. The highest BCUT2D eigenvalue weighted by Crippen LogP contribution is 2.42. The van der Waals surface area contributed by atoms with E-state index in [1.54, 1.807) is 17.0 Å². The van der Waals surface area contributed by atoms with Crippen molar-refractivity contribution in [3.05, 3.63) is 64.7 Å². The second-order valence-corrected chi connectivity index (χ2v) is 10.0. The monoisotopic (exact) mass is 536 g/mol. The maximum absolute atomic E-state index is 13.4. The van der Waals surface area contributed by atoms with Crippen LogP contribution in [0, 0.1) is 6.92 Å². The van der Waals surface area contributed by atoms with Crippen molar-refractivity contribution in [2.45, 2.75) is 46.1 Å². The number of rotatable bonds is 12. The average molecular weight is 537 g/mol. The van der Waals surface area contributed by atoms with Crippen LogP contribution in [0.15, 0.2) is 48.0 Å². The molecule has 0 bridgehead atoms. The summed E-state index contributed by atoms with van der Waals surface area (Å²) in [5.74, 6) is -0.269. The lowest BCUT2D eigenvalue weighted by molar-refractivity contribution is -0.140. The molecule has 0 radical (unpaired) electrons. The maximum Gasteiger partial charge on any atom is 0.295 e. The molecule has 2 heterocycles. The zero-order valence-electron chi connectivity index (χ0n) is 23.3. The van der Waals surface area contributed by atoms with Gasteiger partial charge in [-0.2, -0.15) is 0 Å². The fourth-order valence-corrected chi connectivity index (χ4v) is 5.02. The van der Waals surface area contributed by atoms with Crippen LogP contribution in [0.5, 0.6) is 11.5 Å². The van der Waals surface area contributed by atoms with Crippen molar-refractivity contribution in [1.82, 2.24) is 9.80 Å². The molecular weight excluding hydrogens is 496 g/mol. The first-order chi connectivity index (χ1) is 18.9. The van der Waals surface area contributed by atoms with E-state index in [1.807, 2.05) is 44.2 Å². The van der Waals surface area contributed by atoms with Gasteiger partial charge in [0.25, 0.3) is 11.7 Å². The number of likely N-dealkylation sites (tertiary alicyclic amines) is 1. The van der Waals surface area contributed by atoms with Gasteiger partial charge in [-0.25, -0.2) is 0 Å². The Hall–Kier alpha value is -3.36. The Bertz CT molecular complexity index is 1170. The molecule has 1 atom stereocenters. The molecule has 2 saturated heterocycles. The molecule has 8 heteroatoms. The fourth-order valence-electron chi connectivity index (χ4n) is 5.02. The van der Waals surface area contributed by atoms with Gasteiger partial charge in [0.05, 0.1) is 38.0 Å². The summed E-state index contributed by atoms with van der Waals surface area (Å²) < 4.78 is 17.3. The van der Waals surface area contributed by atoms with Crippen LogP contribution in [-0.2, 0) is 14.3 Å².